The van der Waals surface area contributed by atoms with Crippen molar-refractivity contribution >= 4 is 11.8 Å². The van der Waals surface area contributed by atoms with Crippen molar-refractivity contribution in [1.82, 2.24) is 9.88 Å². The summed E-state index contributed by atoms with van der Waals surface area (Å²) in [5.74, 6) is 1.07. The summed E-state index contributed by atoms with van der Waals surface area (Å²) >= 11 is 0. The molecular formula is C21H27N3O3. The van der Waals surface area contributed by atoms with Gasteiger partial charge in [-0.15, -0.1) is 0 Å². The van der Waals surface area contributed by atoms with E-state index in [9.17, 15) is 4.79 Å². The summed E-state index contributed by atoms with van der Waals surface area (Å²) in [4.78, 5) is 19.0. The third kappa shape index (κ3) is 4.57. The summed E-state index contributed by atoms with van der Waals surface area (Å²) in [6.45, 7) is 4.87. The Morgan fingerprint density at radius 2 is 2.00 bits per heavy atom. The smallest absolute Gasteiger partial charge is 0.341 e. The molecule has 0 spiro atoms. The molecule has 1 saturated heterocycles. The van der Waals surface area contributed by atoms with Gasteiger partial charge in [0.2, 0.25) is 0 Å². The van der Waals surface area contributed by atoms with Crippen molar-refractivity contribution in [1.29, 1.82) is 0 Å². The van der Waals surface area contributed by atoms with Crippen molar-refractivity contribution < 1.29 is 14.3 Å². The number of anilines is 1. The molecule has 1 aliphatic rings. The molecule has 3 rings (SSSR count). The minimum absolute atomic E-state index is 0.140. The molecule has 1 fully saturated rings. The number of benzene rings is 1. The number of hydrogen-bond donors (Lipinski definition) is 1. The molecule has 6 heteroatoms. The summed E-state index contributed by atoms with van der Waals surface area (Å²) in [6.07, 6.45) is 4.08. The van der Waals surface area contributed by atoms with Crippen LogP contribution in [0.15, 0.2) is 42.6 Å². The van der Waals surface area contributed by atoms with E-state index in [1.54, 1.807) is 32.4 Å². The largest absolute Gasteiger partial charge is 0.496 e. The molecule has 1 aromatic carbocycles. The molecule has 0 unspecified atom stereocenters. The molecule has 1 aliphatic heterocycles. The quantitative estimate of drug-likeness (QED) is 0.719. The van der Waals surface area contributed by atoms with Gasteiger partial charge >= 0.3 is 5.97 Å². The highest BCUT2D eigenvalue weighted by Gasteiger charge is 2.26. The van der Waals surface area contributed by atoms with E-state index in [1.165, 1.54) is 12.8 Å². The monoisotopic (exact) mass is 369 g/mol. The second-order valence-corrected chi connectivity index (χ2v) is 6.50. The number of likely N-dealkylation sites (tertiary alicyclic amines) is 1. The van der Waals surface area contributed by atoms with Crippen LogP contribution in [0.2, 0.25) is 0 Å². The van der Waals surface area contributed by atoms with Crippen LogP contribution in [-0.2, 0) is 4.74 Å². The van der Waals surface area contributed by atoms with Crippen molar-refractivity contribution in [2.24, 2.45) is 0 Å². The standard InChI is InChI=1S/C21H27N3O3/c1-3-27-21(25)17-10-8-12-22-20(17)23-15-18(24-13-6-7-14-24)16-9-4-5-11-19(16)26-2/h4-5,8-12,18H,3,6-7,13-15H2,1-2H3,(H,22,23)/t18-/m1/s1. The van der Waals surface area contributed by atoms with Crippen LogP contribution >= 0.6 is 0 Å². The average molecular weight is 369 g/mol. The summed E-state index contributed by atoms with van der Waals surface area (Å²) < 4.78 is 10.7. The molecule has 2 heterocycles. The van der Waals surface area contributed by atoms with E-state index in [0.29, 0.717) is 24.5 Å². The zero-order chi connectivity index (χ0) is 19.1. The molecule has 6 nitrogen and oxygen atoms in total. The summed E-state index contributed by atoms with van der Waals surface area (Å²) in [7, 11) is 1.70. The van der Waals surface area contributed by atoms with Crippen molar-refractivity contribution in [3.8, 4) is 5.75 Å². The van der Waals surface area contributed by atoms with Gasteiger partial charge in [0.25, 0.3) is 0 Å². The van der Waals surface area contributed by atoms with Crippen LogP contribution in [0.5, 0.6) is 5.75 Å². The second kappa shape index (κ2) is 9.37. The number of carbonyl (C=O) groups is 1. The Balaban J connectivity index is 1.83. The number of pyridine rings is 1. The highest BCUT2D eigenvalue weighted by molar-refractivity contribution is 5.94. The highest BCUT2D eigenvalue weighted by Crippen LogP contribution is 2.32. The van der Waals surface area contributed by atoms with Gasteiger partial charge in [-0.3, -0.25) is 4.90 Å². The Bertz CT molecular complexity index is 760. The highest BCUT2D eigenvalue weighted by atomic mass is 16.5. The maximum Gasteiger partial charge on any atom is 0.341 e. The van der Waals surface area contributed by atoms with Gasteiger partial charge < -0.3 is 14.8 Å². The van der Waals surface area contributed by atoms with Gasteiger partial charge in [0.05, 0.1) is 19.8 Å². The van der Waals surface area contributed by atoms with Gasteiger partial charge in [0.1, 0.15) is 17.1 Å². The summed E-state index contributed by atoms with van der Waals surface area (Å²) in [5, 5.41) is 3.37. The number of para-hydroxylation sites is 1. The van der Waals surface area contributed by atoms with Crippen LogP contribution in [0, 0.1) is 0 Å². The molecule has 0 saturated carbocycles. The zero-order valence-corrected chi connectivity index (χ0v) is 16.0. The van der Waals surface area contributed by atoms with Crippen LogP contribution in [-0.4, -0.2) is 49.2 Å². The Morgan fingerprint density at radius 3 is 2.74 bits per heavy atom. The topological polar surface area (TPSA) is 63.7 Å². The molecule has 0 radical (unpaired) electrons. The number of nitrogens with one attached hydrogen (secondary N) is 1. The van der Waals surface area contributed by atoms with E-state index >= 15 is 0 Å². The molecule has 0 amide bonds. The van der Waals surface area contributed by atoms with E-state index in [1.807, 2.05) is 18.2 Å². The molecule has 2 aromatic rings. The van der Waals surface area contributed by atoms with Gasteiger partial charge in [-0.1, -0.05) is 18.2 Å². The Labute approximate surface area is 160 Å². The molecule has 27 heavy (non-hydrogen) atoms. The van der Waals surface area contributed by atoms with E-state index in [-0.39, 0.29) is 12.0 Å². The van der Waals surface area contributed by atoms with Gasteiger partial charge in [-0.2, -0.15) is 0 Å². The Morgan fingerprint density at radius 1 is 1.22 bits per heavy atom. The molecule has 1 atom stereocenters. The van der Waals surface area contributed by atoms with Crippen LogP contribution in [0.4, 0.5) is 5.82 Å². The molecular weight excluding hydrogens is 342 g/mol. The maximum absolute atomic E-state index is 12.2. The lowest BCUT2D eigenvalue weighted by Gasteiger charge is -2.29. The molecule has 144 valence electrons. The van der Waals surface area contributed by atoms with Gasteiger partial charge in [-0.05, 0) is 51.1 Å². The third-order valence-corrected chi connectivity index (χ3v) is 4.85. The number of aromatic nitrogens is 1. The fourth-order valence-electron chi connectivity index (χ4n) is 3.54. The minimum atomic E-state index is -0.358. The molecule has 1 N–H and O–H groups in total. The van der Waals surface area contributed by atoms with Gasteiger partial charge in [-0.25, -0.2) is 9.78 Å². The first-order chi connectivity index (χ1) is 13.2. The van der Waals surface area contributed by atoms with Gasteiger partial charge in [0.15, 0.2) is 0 Å². The van der Waals surface area contributed by atoms with Crippen LogP contribution in [0.1, 0.15) is 41.7 Å². The Hall–Kier alpha value is -2.60. The number of carbonyl (C=O) groups excluding carboxylic acids is 1. The number of methoxy groups -OCH3 is 1. The fourth-order valence-corrected chi connectivity index (χ4v) is 3.54. The zero-order valence-electron chi connectivity index (χ0n) is 16.0. The van der Waals surface area contributed by atoms with E-state index < -0.39 is 0 Å². The number of hydrogen-bond acceptors (Lipinski definition) is 6. The van der Waals surface area contributed by atoms with E-state index in [2.05, 4.69) is 21.3 Å². The summed E-state index contributed by atoms with van der Waals surface area (Å²) in [5.41, 5.74) is 1.60. The van der Waals surface area contributed by atoms with Crippen LogP contribution < -0.4 is 10.1 Å². The summed E-state index contributed by atoms with van der Waals surface area (Å²) in [6, 6.07) is 11.7. The number of rotatable bonds is 8. The number of ether oxygens (including phenoxy) is 2. The fraction of sp³-hybridized carbons (Fsp3) is 0.429. The van der Waals surface area contributed by atoms with Crippen molar-refractivity contribution in [3.63, 3.8) is 0 Å². The molecule has 0 aliphatic carbocycles. The number of esters is 1. The van der Waals surface area contributed by atoms with Crippen LogP contribution in [0.3, 0.4) is 0 Å². The third-order valence-electron chi connectivity index (χ3n) is 4.85. The van der Waals surface area contributed by atoms with Crippen molar-refractivity contribution in [2.45, 2.75) is 25.8 Å². The van der Waals surface area contributed by atoms with E-state index in [4.69, 9.17) is 9.47 Å². The van der Waals surface area contributed by atoms with Crippen molar-refractivity contribution in [3.05, 3.63) is 53.7 Å². The number of nitrogens with zero attached hydrogens (tertiary/aromatic N) is 2. The first-order valence-electron chi connectivity index (χ1n) is 9.47. The predicted octanol–water partition coefficient (Wildman–Crippen LogP) is 3.52. The molecule has 0 bridgehead atoms. The average Bonchev–Trinajstić information content (AvgIpc) is 3.23. The Kier molecular flexibility index (Phi) is 6.65. The lowest BCUT2D eigenvalue weighted by atomic mass is 10.0. The SMILES string of the molecule is CCOC(=O)c1cccnc1NC[C@H](c1ccccc1OC)N1CCCC1. The van der Waals surface area contributed by atoms with Gasteiger partial charge in [0, 0.05) is 18.3 Å². The first-order valence-corrected chi connectivity index (χ1v) is 9.47. The predicted molar refractivity (Wildman–Crippen MR) is 105 cm³/mol. The molecule has 1 aromatic heterocycles. The maximum atomic E-state index is 12.2. The lowest BCUT2D eigenvalue weighted by Crippen LogP contribution is -2.31. The minimum Gasteiger partial charge on any atom is -0.496 e. The lowest BCUT2D eigenvalue weighted by molar-refractivity contribution is 0.0527. The first kappa shape index (κ1) is 19.2. The van der Waals surface area contributed by atoms with Crippen molar-refractivity contribution in [2.75, 3.05) is 38.7 Å². The van der Waals surface area contributed by atoms with E-state index in [0.717, 1.165) is 24.4 Å². The normalized spacial score (nSPS) is 15.3. The van der Waals surface area contributed by atoms with Crippen LogP contribution in [0.25, 0.3) is 0 Å². The second-order valence-electron chi connectivity index (χ2n) is 6.50.